The highest BCUT2D eigenvalue weighted by Crippen LogP contribution is 2.32. The molecular weight excluding hydrogens is 322 g/mol. The number of para-hydroxylation sites is 1. The molecule has 0 bridgehead atoms. The Morgan fingerprint density at radius 1 is 1.08 bits per heavy atom. The number of hydrogen-bond acceptors (Lipinski definition) is 4. The van der Waals surface area contributed by atoms with Crippen LogP contribution in [0.15, 0.2) is 53.5 Å². The van der Waals surface area contributed by atoms with E-state index in [2.05, 4.69) is 39.9 Å². The highest BCUT2D eigenvalue weighted by atomic mass is 15.3. The Morgan fingerprint density at radius 3 is 2.58 bits per heavy atom. The smallest absolute Gasteiger partial charge is 0.162 e. The molecule has 0 saturated heterocycles. The number of aryl methyl sites for hydroxylation is 1. The van der Waals surface area contributed by atoms with Crippen molar-refractivity contribution < 1.29 is 0 Å². The highest BCUT2D eigenvalue weighted by molar-refractivity contribution is 6.15. The van der Waals surface area contributed by atoms with Crippen LogP contribution < -0.4 is 0 Å². The number of aromatic nitrogens is 3. The molecule has 0 amide bonds. The summed E-state index contributed by atoms with van der Waals surface area (Å²) < 4.78 is 2.12. The minimum Gasteiger partial charge on any atom is -0.281 e. The normalized spacial score (nSPS) is 15.4. The van der Waals surface area contributed by atoms with Crippen molar-refractivity contribution in [3.8, 4) is 11.8 Å². The zero-order valence-corrected chi connectivity index (χ0v) is 14.8. The van der Waals surface area contributed by atoms with E-state index >= 15 is 0 Å². The van der Waals surface area contributed by atoms with Gasteiger partial charge in [0.25, 0.3) is 0 Å². The van der Waals surface area contributed by atoms with Gasteiger partial charge >= 0.3 is 0 Å². The molecular formula is C21H19N5. The molecule has 5 nitrogen and oxygen atoms in total. The van der Waals surface area contributed by atoms with Crippen LogP contribution in [0.4, 0.5) is 0 Å². The van der Waals surface area contributed by atoms with E-state index in [0.29, 0.717) is 5.56 Å². The number of aliphatic imine (C=N–C) groups is 1. The average Bonchev–Trinajstić information content (AvgIpc) is 3.00. The average molecular weight is 341 g/mol. The van der Waals surface area contributed by atoms with E-state index in [9.17, 15) is 0 Å². The molecule has 1 aromatic heterocycles. The molecule has 1 atom stereocenters. The molecule has 4 rings (SSSR count). The topological polar surface area (TPSA) is 66.9 Å². The van der Waals surface area contributed by atoms with Crippen molar-refractivity contribution >= 4 is 5.71 Å². The highest BCUT2D eigenvalue weighted by Gasteiger charge is 2.27. The Hall–Kier alpha value is -3.26. The molecule has 128 valence electrons. The van der Waals surface area contributed by atoms with Crippen molar-refractivity contribution in [1.29, 1.82) is 5.26 Å². The maximum atomic E-state index is 9.08. The quantitative estimate of drug-likeness (QED) is 0.719. The standard InChI is InChI=1S/C21H19N5/c1-3-6-18-21-25-24-14(2)26(21)19-8-5-4-7-17(19)20(23-18)16-11-9-15(13-22)10-12-16/h4-5,7-12,18H,3,6H2,1-2H3/t18-/m0/s1. The Kier molecular flexibility index (Phi) is 4.10. The van der Waals surface area contributed by atoms with Gasteiger partial charge in [0.05, 0.1) is 23.0 Å². The van der Waals surface area contributed by atoms with E-state index in [1.165, 1.54) is 0 Å². The number of nitrogens with zero attached hydrogens (tertiary/aromatic N) is 5. The molecule has 3 aromatic rings. The molecule has 0 aliphatic carbocycles. The van der Waals surface area contributed by atoms with E-state index in [-0.39, 0.29) is 6.04 Å². The maximum absolute atomic E-state index is 9.08. The van der Waals surface area contributed by atoms with Crippen LogP contribution in [0.2, 0.25) is 0 Å². The van der Waals surface area contributed by atoms with E-state index in [0.717, 1.165) is 47.0 Å². The summed E-state index contributed by atoms with van der Waals surface area (Å²) in [6, 6.07) is 18.0. The molecule has 0 saturated carbocycles. The largest absolute Gasteiger partial charge is 0.281 e. The first-order chi connectivity index (χ1) is 12.7. The Bertz CT molecular complexity index is 1020. The second-order valence-corrected chi connectivity index (χ2v) is 6.43. The van der Waals surface area contributed by atoms with Gasteiger partial charge in [-0.2, -0.15) is 5.26 Å². The first-order valence-corrected chi connectivity index (χ1v) is 8.83. The zero-order valence-electron chi connectivity index (χ0n) is 14.8. The monoisotopic (exact) mass is 341 g/mol. The van der Waals surface area contributed by atoms with E-state index in [1.807, 2.05) is 43.3 Å². The Labute approximate surface area is 152 Å². The predicted molar refractivity (Wildman–Crippen MR) is 101 cm³/mol. The fourth-order valence-corrected chi connectivity index (χ4v) is 3.44. The third-order valence-electron chi connectivity index (χ3n) is 4.68. The van der Waals surface area contributed by atoms with Crippen molar-refractivity contribution in [3.63, 3.8) is 0 Å². The lowest BCUT2D eigenvalue weighted by atomic mass is 9.99. The second kappa shape index (κ2) is 6.57. The van der Waals surface area contributed by atoms with Crippen LogP contribution in [-0.2, 0) is 0 Å². The number of nitriles is 1. The minimum absolute atomic E-state index is 0.0424. The first kappa shape index (κ1) is 16.2. The molecule has 2 aromatic carbocycles. The fourth-order valence-electron chi connectivity index (χ4n) is 3.44. The van der Waals surface area contributed by atoms with Crippen LogP contribution >= 0.6 is 0 Å². The lowest BCUT2D eigenvalue weighted by Gasteiger charge is -2.12. The zero-order chi connectivity index (χ0) is 18.1. The first-order valence-electron chi connectivity index (χ1n) is 8.83. The summed E-state index contributed by atoms with van der Waals surface area (Å²) in [5.41, 5.74) is 4.70. The predicted octanol–water partition coefficient (Wildman–Crippen LogP) is 4.14. The van der Waals surface area contributed by atoms with Crippen LogP contribution in [0.1, 0.15) is 54.1 Å². The van der Waals surface area contributed by atoms with Crippen molar-refractivity contribution in [1.82, 2.24) is 14.8 Å². The van der Waals surface area contributed by atoms with Gasteiger partial charge in [-0.05, 0) is 31.5 Å². The van der Waals surface area contributed by atoms with Gasteiger partial charge in [0.1, 0.15) is 11.9 Å². The third kappa shape index (κ3) is 2.60. The summed E-state index contributed by atoms with van der Waals surface area (Å²) in [5, 5.41) is 17.8. The summed E-state index contributed by atoms with van der Waals surface area (Å²) in [5.74, 6) is 1.75. The van der Waals surface area contributed by atoms with Crippen LogP contribution in [0.25, 0.3) is 5.69 Å². The van der Waals surface area contributed by atoms with E-state index in [4.69, 9.17) is 10.3 Å². The molecule has 0 radical (unpaired) electrons. The molecule has 1 aliphatic heterocycles. The molecule has 0 N–H and O–H groups in total. The summed E-state index contributed by atoms with van der Waals surface area (Å²) >= 11 is 0. The van der Waals surface area contributed by atoms with Gasteiger partial charge in [-0.1, -0.05) is 43.7 Å². The van der Waals surface area contributed by atoms with E-state index < -0.39 is 0 Å². The summed E-state index contributed by atoms with van der Waals surface area (Å²) in [4.78, 5) is 5.10. The van der Waals surface area contributed by atoms with Crippen molar-refractivity contribution in [3.05, 3.63) is 76.9 Å². The van der Waals surface area contributed by atoms with Gasteiger partial charge in [0.2, 0.25) is 0 Å². The van der Waals surface area contributed by atoms with Gasteiger partial charge in [-0.3, -0.25) is 9.56 Å². The summed E-state index contributed by atoms with van der Waals surface area (Å²) in [6.45, 7) is 4.13. The van der Waals surface area contributed by atoms with Crippen molar-refractivity contribution in [2.45, 2.75) is 32.7 Å². The van der Waals surface area contributed by atoms with Crippen LogP contribution in [0.5, 0.6) is 0 Å². The number of rotatable bonds is 3. The van der Waals surface area contributed by atoms with Gasteiger partial charge < -0.3 is 0 Å². The van der Waals surface area contributed by atoms with E-state index in [1.54, 1.807) is 0 Å². The molecule has 5 heteroatoms. The maximum Gasteiger partial charge on any atom is 0.162 e. The molecule has 26 heavy (non-hydrogen) atoms. The van der Waals surface area contributed by atoms with Gasteiger partial charge in [0.15, 0.2) is 5.82 Å². The van der Waals surface area contributed by atoms with Gasteiger partial charge in [0, 0.05) is 11.1 Å². The lowest BCUT2D eigenvalue weighted by Crippen LogP contribution is -2.08. The Morgan fingerprint density at radius 2 is 1.85 bits per heavy atom. The lowest BCUT2D eigenvalue weighted by molar-refractivity contribution is 0.596. The molecule has 0 fully saturated rings. The number of hydrogen-bond donors (Lipinski definition) is 0. The molecule has 0 spiro atoms. The molecule has 2 heterocycles. The minimum atomic E-state index is -0.0424. The third-order valence-corrected chi connectivity index (χ3v) is 4.68. The van der Waals surface area contributed by atoms with Gasteiger partial charge in [-0.15, -0.1) is 10.2 Å². The molecule has 0 unspecified atom stereocenters. The van der Waals surface area contributed by atoms with Crippen molar-refractivity contribution in [2.75, 3.05) is 0 Å². The Balaban J connectivity index is 1.97. The SMILES string of the molecule is CCC[C@@H]1N=C(c2ccc(C#N)cc2)c2ccccc2-n2c(C)nnc21. The fraction of sp³-hybridized carbons (Fsp3) is 0.238. The second-order valence-electron chi connectivity index (χ2n) is 6.43. The van der Waals surface area contributed by atoms with Gasteiger partial charge in [-0.25, -0.2) is 0 Å². The van der Waals surface area contributed by atoms with Crippen LogP contribution in [0.3, 0.4) is 0 Å². The number of fused-ring (bicyclic) bond motifs is 3. The molecule has 1 aliphatic rings. The summed E-state index contributed by atoms with van der Waals surface area (Å²) in [6.07, 6.45) is 1.92. The van der Waals surface area contributed by atoms with Crippen molar-refractivity contribution in [2.24, 2.45) is 4.99 Å². The summed E-state index contributed by atoms with van der Waals surface area (Å²) in [7, 11) is 0. The number of benzene rings is 2. The van der Waals surface area contributed by atoms with Crippen LogP contribution in [-0.4, -0.2) is 20.5 Å². The van der Waals surface area contributed by atoms with Crippen LogP contribution in [0, 0.1) is 18.3 Å².